The predicted molar refractivity (Wildman–Crippen MR) is 156 cm³/mol. The van der Waals surface area contributed by atoms with Crippen LogP contribution >= 0.6 is 35.3 Å². The standard InChI is InChI=1S/C28H23ClN4O3S2/c1-17-8-10-18(11-9-17)15-36-24-22(29)13-20(14-23(24)35-2)12-21-25(30)33-27(31-26(21)34)38-32-28(33)37-16-19-6-4-3-5-7-19/h3-14,30H,15-16H2,1-2H3/b21-12-,30-25?. The molecule has 0 radical (unpaired) electrons. The molecule has 5 rings (SSSR count). The second kappa shape index (κ2) is 11.5. The van der Waals surface area contributed by atoms with Crippen LogP contribution in [0.2, 0.25) is 5.02 Å². The Morgan fingerprint density at radius 1 is 1.11 bits per heavy atom. The van der Waals surface area contributed by atoms with E-state index in [9.17, 15) is 4.79 Å². The number of hydrogen-bond acceptors (Lipinski definition) is 7. The van der Waals surface area contributed by atoms with Gasteiger partial charge in [-0.05, 0) is 41.8 Å². The van der Waals surface area contributed by atoms with Crippen molar-refractivity contribution >= 4 is 63.5 Å². The topological polar surface area (TPSA) is 87.3 Å². The smallest absolute Gasteiger partial charge is 0.283 e. The molecule has 0 saturated heterocycles. The number of aliphatic imine (C=N–C) groups is 1. The number of nitrogens with zero attached hydrogens (tertiary/aromatic N) is 3. The summed E-state index contributed by atoms with van der Waals surface area (Å²) in [6, 6.07) is 21.4. The summed E-state index contributed by atoms with van der Waals surface area (Å²) in [6.45, 7) is 2.35. The quantitative estimate of drug-likeness (QED) is 0.253. The molecule has 0 aliphatic carbocycles. The Morgan fingerprint density at radius 3 is 2.61 bits per heavy atom. The number of amides is 1. The van der Waals surface area contributed by atoms with E-state index >= 15 is 0 Å². The van der Waals surface area contributed by atoms with E-state index in [1.807, 2.05) is 61.5 Å². The molecule has 3 aromatic carbocycles. The van der Waals surface area contributed by atoms with Crippen molar-refractivity contribution < 1.29 is 14.3 Å². The molecule has 2 heterocycles. The van der Waals surface area contributed by atoms with Crippen molar-refractivity contribution in [2.45, 2.75) is 19.3 Å². The number of amidine groups is 3. The van der Waals surface area contributed by atoms with Crippen LogP contribution in [0.3, 0.4) is 0 Å². The summed E-state index contributed by atoms with van der Waals surface area (Å²) >= 11 is 9.16. The molecule has 2 aliphatic heterocycles. The van der Waals surface area contributed by atoms with E-state index in [1.54, 1.807) is 23.1 Å². The van der Waals surface area contributed by atoms with E-state index in [0.29, 0.717) is 44.8 Å². The number of methoxy groups -OCH3 is 1. The average molecular weight is 563 g/mol. The number of rotatable bonds is 7. The van der Waals surface area contributed by atoms with Crippen LogP contribution in [0, 0.1) is 12.3 Å². The molecule has 192 valence electrons. The van der Waals surface area contributed by atoms with Crippen LogP contribution in [0.15, 0.2) is 81.7 Å². The van der Waals surface area contributed by atoms with Gasteiger partial charge in [0.25, 0.3) is 5.91 Å². The largest absolute Gasteiger partial charge is 0.493 e. The van der Waals surface area contributed by atoms with Crippen LogP contribution in [-0.4, -0.2) is 34.1 Å². The summed E-state index contributed by atoms with van der Waals surface area (Å²) in [5.41, 5.74) is 4.03. The number of fused-ring (bicyclic) bond motifs is 1. The number of aryl methyl sites for hydroxylation is 1. The van der Waals surface area contributed by atoms with Crippen LogP contribution in [0.5, 0.6) is 11.5 Å². The fourth-order valence-electron chi connectivity index (χ4n) is 3.79. The van der Waals surface area contributed by atoms with Crippen molar-refractivity contribution in [3.8, 4) is 11.5 Å². The van der Waals surface area contributed by atoms with Crippen LogP contribution < -0.4 is 9.47 Å². The minimum atomic E-state index is -0.506. The van der Waals surface area contributed by atoms with Gasteiger partial charge < -0.3 is 9.47 Å². The second-order valence-electron chi connectivity index (χ2n) is 8.49. The Hall–Kier alpha value is -3.53. The normalized spacial score (nSPS) is 15.9. The van der Waals surface area contributed by atoms with Gasteiger partial charge in [0.2, 0.25) is 5.17 Å². The van der Waals surface area contributed by atoms with Crippen LogP contribution in [0.25, 0.3) is 6.08 Å². The van der Waals surface area contributed by atoms with E-state index in [1.165, 1.54) is 24.4 Å². The van der Waals surface area contributed by atoms with Crippen LogP contribution in [0.4, 0.5) is 0 Å². The molecule has 7 nitrogen and oxygen atoms in total. The molecule has 3 aromatic rings. The molecule has 1 N–H and O–H groups in total. The molecular weight excluding hydrogens is 540 g/mol. The number of halogens is 1. The summed E-state index contributed by atoms with van der Waals surface area (Å²) in [4.78, 5) is 18.6. The lowest BCUT2D eigenvalue weighted by molar-refractivity contribution is -0.114. The Kier molecular flexibility index (Phi) is 7.87. The predicted octanol–water partition coefficient (Wildman–Crippen LogP) is 6.75. The van der Waals surface area contributed by atoms with Gasteiger partial charge in [-0.15, -0.1) is 0 Å². The average Bonchev–Trinajstić information content (AvgIpc) is 3.33. The molecule has 0 atom stereocenters. The van der Waals surface area contributed by atoms with Gasteiger partial charge in [-0.25, -0.2) is 4.90 Å². The first-order chi connectivity index (χ1) is 18.4. The zero-order chi connectivity index (χ0) is 26.6. The molecule has 0 fully saturated rings. The Labute approximate surface area is 234 Å². The van der Waals surface area contributed by atoms with Gasteiger partial charge in [-0.3, -0.25) is 10.2 Å². The maximum Gasteiger partial charge on any atom is 0.283 e. The number of thioether (sulfide) groups is 1. The van der Waals surface area contributed by atoms with Crippen molar-refractivity contribution in [2.24, 2.45) is 9.39 Å². The minimum Gasteiger partial charge on any atom is -0.493 e. The lowest BCUT2D eigenvalue weighted by Gasteiger charge is -2.24. The first-order valence-electron chi connectivity index (χ1n) is 11.6. The molecule has 0 unspecified atom stereocenters. The molecular formula is C28H23ClN4O3S2. The Bertz CT molecular complexity index is 1490. The highest BCUT2D eigenvalue weighted by molar-refractivity contribution is 8.18. The van der Waals surface area contributed by atoms with E-state index in [2.05, 4.69) is 9.39 Å². The van der Waals surface area contributed by atoms with Gasteiger partial charge in [-0.2, -0.15) is 9.39 Å². The molecule has 10 heteroatoms. The third-order valence-electron chi connectivity index (χ3n) is 5.77. The first kappa shape index (κ1) is 26.1. The third kappa shape index (κ3) is 5.65. The fraction of sp³-hybridized carbons (Fsp3) is 0.143. The Morgan fingerprint density at radius 2 is 1.87 bits per heavy atom. The zero-order valence-electron chi connectivity index (χ0n) is 20.6. The highest BCUT2D eigenvalue weighted by Gasteiger charge is 2.37. The molecule has 0 aromatic heterocycles. The zero-order valence-corrected chi connectivity index (χ0v) is 23.0. The van der Waals surface area contributed by atoms with Gasteiger partial charge in [0.1, 0.15) is 12.4 Å². The Balaban J connectivity index is 1.36. The van der Waals surface area contributed by atoms with Crippen LogP contribution in [0.1, 0.15) is 22.3 Å². The summed E-state index contributed by atoms with van der Waals surface area (Å²) in [6.07, 6.45) is 1.59. The number of hydrogen-bond donors (Lipinski definition) is 1. The molecule has 1 amide bonds. The summed E-state index contributed by atoms with van der Waals surface area (Å²) < 4.78 is 15.9. The molecule has 0 bridgehead atoms. The van der Waals surface area contributed by atoms with Crippen molar-refractivity contribution in [1.82, 2.24) is 4.90 Å². The fourth-order valence-corrected chi connectivity index (χ4v) is 5.86. The van der Waals surface area contributed by atoms with Gasteiger partial charge >= 0.3 is 0 Å². The maximum absolute atomic E-state index is 12.8. The van der Waals surface area contributed by atoms with Crippen molar-refractivity contribution in [2.75, 3.05) is 7.11 Å². The molecule has 0 spiro atoms. The van der Waals surface area contributed by atoms with Gasteiger partial charge in [0.05, 0.1) is 29.7 Å². The number of nitrogens with one attached hydrogen (secondary N) is 1. The maximum atomic E-state index is 12.8. The molecule has 2 aliphatic rings. The van der Waals surface area contributed by atoms with Gasteiger partial charge in [-0.1, -0.05) is 83.5 Å². The van der Waals surface area contributed by atoms with Gasteiger partial charge in [0, 0.05) is 5.75 Å². The van der Waals surface area contributed by atoms with Crippen molar-refractivity contribution in [1.29, 1.82) is 5.41 Å². The number of carbonyl (C=O) groups excluding carboxylic acids is 1. The number of carbonyl (C=O) groups is 1. The highest BCUT2D eigenvalue weighted by Crippen LogP contribution is 2.38. The number of benzene rings is 3. The SMILES string of the molecule is COc1cc(/C=C2/C(=N)N3C(SCc4ccccc4)=NSC3=NC2=O)cc(Cl)c1OCc1ccc(C)cc1. The number of ether oxygens (including phenoxy) is 2. The summed E-state index contributed by atoms with van der Waals surface area (Å²) in [7, 11) is 1.53. The minimum absolute atomic E-state index is 0.0131. The van der Waals surface area contributed by atoms with Crippen LogP contribution in [-0.2, 0) is 17.2 Å². The first-order valence-corrected chi connectivity index (χ1v) is 13.8. The molecule has 0 saturated carbocycles. The van der Waals surface area contributed by atoms with E-state index < -0.39 is 5.91 Å². The van der Waals surface area contributed by atoms with E-state index in [-0.39, 0.29) is 11.4 Å². The van der Waals surface area contributed by atoms with E-state index in [0.717, 1.165) is 23.1 Å². The third-order valence-corrected chi connectivity index (χ3v) is 7.88. The lowest BCUT2D eigenvalue weighted by Crippen LogP contribution is -2.41. The summed E-state index contributed by atoms with van der Waals surface area (Å²) in [5.74, 6) is 1.02. The lowest BCUT2D eigenvalue weighted by atomic mass is 10.1. The summed E-state index contributed by atoms with van der Waals surface area (Å²) in [5, 5.41) is 10.1. The van der Waals surface area contributed by atoms with Crippen molar-refractivity contribution in [3.05, 3.63) is 99.6 Å². The van der Waals surface area contributed by atoms with E-state index in [4.69, 9.17) is 26.5 Å². The highest BCUT2D eigenvalue weighted by atomic mass is 35.5. The second-order valence-corrected chi connectivity index (χ2v) is 10.6. The molecule has 38 heavy (non-hydrogen) atoms. The monoisotopic (exact) mass is 562 g/mol. The van der Waals surface area contributed by atoms with Crippen molar-refractivity contribution in [3.63, 3.8) is 0 Å². The van der Waals surface area contributed by atoms with Gasteiger partial charge in [0.15, 0.2) is 16.7 Å².